The quantitative estimate of drug-likeness (QED) is 0.143. The van der Waals surface area contributed by atoms with E-state index in [-0.39, 0.29) is 5.97 Å². The summed E-state index contributed by atoms with van der Waals surface area (Å²) in [5, 5.41) is 0. The topological polar surface area (TPSA) is 35.5 Å². The summed E-state index contributed by atoms with van der Waals surface area (Å²) in [6.07, 6.45) is 12.9. The number of esters is 1. The van der Waals surface area contributed by atoms with Crippen molar-refractivity contribution in [3.05, 3.63) is 36.6 Å². The maximum atomic E-state index is 12.1. The van der Waals surface area contributed by atoms with E-state index in [1.54, 1.807) is 6.07 Å². The van der Waals surface area contributed by atoms with Crippen LogP contribution in [0.1, 0.15) is 90.9 Å². The highest BCUT2D eigenvalue weighted by molar-refractivity contribution is 5.73. The molecule has 0 saturated carbocycles. The zero-order valence-electron chi connectivity index (χ0n) is 16.7. The van der Waals surface area contributed by atoms with Crippen molar-refractivity contribution in [1.29, 1.82) is 0 Å². The molecule has 0 aliphatic rings. The van der Waals surface area contributed by atoms with Crippen molar-refractivity contribution in [2.75, 3.05) is 0 Å². The van der Waals surface area contributed by atoms with Crippen LogP contribution in [0, 0.1) is 0 Å². The van der Waals surface area contributed by atoms with Gasteiger partial charge in [0.15, 0.2) is 11.5 Å². The highest BCUT2D eigenvalue weighted by Gasteiger charge is 2.11. The van der Waals surface area contributed by atoms with Crippen LogP contribution < -0.4 is 9.47 Å². The Morgan fingerprint density at radius 2 is 1.27 bits per heavy atom. The molecule has 0 saturated heterocycles. The molecule has 0 heterocycles. The summed E-state index contributed by atoms with van der Waals surface area (Å²) in [4.78, 5) is 12.1. The number of unbranched alkanes of at least 4 members (excludes halogenated alkanes) is 8. The molecule has 0 unspecified atom stereocenters. The first kappa shape index (κ1) is 22.3. The average molecular weight is 361 g/mol. The molecule has 0 N–H and O–H groups in total. The van der Waals surface area contributed by atoms with Crippen LogP contribution in [0.25, 0.3) is 0 Å². The Morgan fingerprint density at radius 1 is 0.769 bits per heavy atom. The van der Waals surface area contributed by atoms with Gasteiger partial charge in [-0.05, 0) is 25.0 Å². The lowest BCUT2D eigenvalue weighted by atomic mass is 10.1. The molecule has 0 atom stereocenters. The fourth-order valence-corrected chi connectivity index (χ4v) is 2.80. The van der Waals surface area contributed by atoms with Gasteiger partial charge in [0.25, 0.3) is 0 Å². The molecule has 0 spiro atoms. The highest BCUT2D eigenvalue weighted by atomic mass is 16.6. The molecular formula is C23H36O3. The Labute approximate surface area is 159 Å². The number of carbonyl (C=O) groups is 1. The van der Waals surface area contributed by atoms with E-state index in [4.69, 9.17) is 9.47 Å². The molecule has 3 heteroatoms. The van der Waals surface area contributed by atoms with E-state index >= 15 is 0 Å². The van der Waals surface area contributed by atoms with Crippen LogP contribution in [0.5, 0.6) is 11.5 Å². The summed E-state index contributed by atoms with van der Waals surface area (Å²) in [5.74, 6) is 1.59. The highest BCUT2D eigenvalue weighted by Crippen LogP contribution is 2.29. The smallest absolute Gasteiger partial charge is 0.311 e. The van der Waals surface area contributed by atoms with Crippen LogP contribution in [0.2, 0.25) is 0 Å². The third-order valence-corrected chi connectivity index (χ3v) is 4.37. The molecule has 0 aliphatic carbocycles. The van der Waals surface area contributed by atoms with E-state index in [0.717, 1.165) is 31.4 Å². The number of ether oxygens (including phenoxy) is 2. The number of hydrogen-bond donors (Lipinski definition) is 0. The molecule has 146 valence electrons. The van der Waals surface area contributed by atoms with Gasteiger partial charge in [0, 0.05) is 12.8 Å². The predicted octanol–water partition coefficient (Wildman–Crippen LogP) is 7.21. The molecule has 0 aliphatic heterocycles. The molecule has 26 heavy (non-hydrogen) atoms. The number of benzene rings is 1. The Balaban J connectivity index is 2.38. The summed E-state index contributed by atoms with van der Waals surface area (Å²) in [5.41, 5.74) is 0. The van der Waals surface area contributed by atoms with Gasteiger partial charge in [0.05, 0.1) is 5.76 Å². The molecule has 0 bridgehead atoms. The molecule has 1 aromatic rings. The van der Waals surface area contributed by atoms with Crippen molar-refractivity contribution >= 4 is 5.97 Å². The van der Waals surface area contributed by atoms with Gasteiger partial charge in [-0.1, -0.05) is 83.9 Å². The third-order valence-electron chi connectivity index (χ3n) is 4.37. The van der Waals surface area contributed by atoms with E-state index < -0.39 is 0 Å². The van der Waals surface area contributed by atoms with Crippen LogP contribution in [0.3, 0.4) is 0 Å². The average Bonchev–Trinajstić information content (AvgIpc) is 2.63. The first-order valence-corrected chi connectivity index (χ1v) is 10.3. The molecule has 1 aromatic carbocycles. The SMILES string of the molecule is C=C(CCCCCCC)Oc1ccccc1OC(=O)CCCCCCC. The van der Waals surface area contributed by atoms with E-state index in [2.05, 4.69) is 20.4 Å². The van der Waals surface area contributed by atoms with Gasteiger partial charge >= 0.3 is 5.97 Å². The number of allylic oxidation sites excluding steroid dienone is 1. The van der Waals surface area contributed by atoms with Crippen LogP contribution in [0.15, 0.2) is 36.6 Å². The minimum Gasteiger partial charge on any atom is -0.458 e. The number of carbonyl (C=O) groups excluding carboxylic acids is 1. The molecule has 3 nitrogen and oxygen atoms in total. The van der Waals surface area contributed by atoms with Crippen molar-refractivity contribution in [3.8, 4) is 11.5 Å². The first-order valence-electron chi connectivity index (χ1n) is 10.3. The summed E-state index contributed by atoms with van der Waals surface area (Å²) < 4.78 is 11.3. The van der Waals surface area contributed by atoms with Crippen molar-refractivity contribution in [2.24, 2.45) is 0 Å². The molecule has 1 rings (SSSR count). The van der Waals surface area contributed by atoms with Gasteiger partial charge in [-0.3, -0.25) is 4.79 Å². The van der Waals surface area contributed by atoms with Gasteiger partial charge in [0.2, 0.25) is 0 Å². The van der Waals surface area contributed by atoms with Crippen LogP contribution in [0.4, 0.5) is 0 Å². The predicted molar refractivity (Wildman–Crippen MR) is 109 cm³/mol. The van der Waals surface area contributed by atoms with Gasteiger partial charge in [0.1, 0.15) is 0 Å². The summed E-state index contributed by atoms with van der Waals surface area (Å²) in [6.45, 7) is 8.40. The van der Waals surface area contributed by atoms with Crippen LogP contribution in [-0.2, 0) is 4.79 Å². The minimum absolute atomic E-state index is 0.192. The molecule has 0 aromatic heterocycles. The second kappa shape index (κ2) is 14.4. The summed E-state index contributed by atoms with van der Waals surface area (Å²) in [6, 6.07) is 7.33. The Bertz CT molecular complexity index is 475. The van der Waals surface area contributed by atoms with E-state index in [1.165, 1.54) is 44.9 Å². The monoisotopic (exact) mass is 360 g/mol. The minimum atomic E-state index is -0.192. The third kappa shape index (κ3) is 10.3. The maximum Gasteiger partial charge on any atom is 0.311 e. The lowest BCUT2D eigenvalue weighted by molar-refractivity contribution is -0.134. The van der Waals surface area contributed by atoms with Gasteiger partial charge in [-0.2, -0.15) is 0 Å². The second-order valence-corrected chi connectivity index (χ2v) is 6.89. The zero-order valence-corrected chi connectivity index (χ0v) is 16.7. The maximum absolute atomic E-state index is 12.1. The van der Waals surface area contributed by atoms with E-state index in [9.17, 15) is 4.79 Å². The van der Waals surface area contributed by atoms with E-state index in [0.29, 0.717) is 17.9 Å². The Kier molecular flexibility index (Phi) is 12.3. The normalized spacial score (nSPS) is 10.5. The zero-order chi connectivity index (χ0) is 19.0. The number of para-hydroxylation sites is 2. The van der Waals surface area contributed by atoms with Gasteiger partial charge < -0.3 is 9.47 Å². The van der Waals surface area contributed by atoms with Crippen molar-refractivity contribution in [1.82, 2.24) is 0 Å². The fourth-order valence-electron chi connectivity index (χ4n) is 2.80. The molecular weight excluding hydrogens is 324 g/mol. The number of hydrogen-bond acceptors (Lipinski definition) is 3. The number of rotatable bonds is 15. The summed E-state index contributed by atoms with van der Waals surface area (Å²) >= 11 is 0. The first-order chi connectivity index (χ1) is 12.7. The molecule has 0 radical (unpaired) electrons. The Hall–Kier alpha value is -1.77. The second-order valence-electron chi connectivity index (χ2n) is 6.89. The van der Waals surface area contributed by atoms with Crippen LogP contribution in [-0.4, -0.2) is 5.97 Å². The molecule has 0 fully saturated rings. The lowest BCUT2D eigenvalue weighted by Gasteiger charge is -2.13. The molecule has 0 amide bonds. The van der Waals surface area contributed by atoms with Crippen molar-refractivity contribution in [3.63, 3.8) is 0 Å². The van der Waals surface area contributed by atoms with Gasteiger partial charge in [-0.15, -0.1) is 0 Å². The standard InChI is InChI=1S/C23H36O3/c1-4-6-8-10-12-16-20(3)25-21-17-14-15-18-22(21)26-23(24)19-13-11-9-7-5-2/h14-15,17-18H,3-13,16,19H2,1-2H3. The summed E-state index contributed by atoms with van der Waals surface area (Å²) in [7, 11) is 0. The van der Waals surface area contributed by atoms with Crippen molar-refractivity contribution in [2.45, 2.75) is 90.9 Å². The fraction of sp³-hybridized carbons (Fsp3) is 0.609. The van der Waals surface area contributed by atoms with Gasteiger partial charge in [-0.25, -0.2) is 0 Å². The Morgan fingerprint density at radius 3 is 1.85 bits per heavy atom. The van der Waals surface area contributed by atoms with Crippen molar-refractivity contribution < 1.29 is 14.3 Å². The largest absolute Gasteiger partial charge is 0.458 e. The van der Waals surface area contributed by atoms with E-state index in [1.807, 2.05) is 18.2 Å². The van der Waals surface area contributed by atoms with Crippen LogP contribution >= 0.6 is 0 Å². The lowest BCUT2D eigenvalue weighted by Crippen LogP contribution is -2.08.